The Balaban J connectivity index is 1.78. The van der Waals surface area contributed by atoms with Crippen LogP contribution < -0.4 is 5.32 Å². The minimum Gasteiger partial charge on any atom is -0.385 e. The SMILES string of the molecule is CCCCc1ccc(NCCC(=O)c2ccc(Br)cc2)cc1. The van der Waals surface area contributed by atoms with Crippen LogP contribution in [0.1, 0.15) is 42.1 Å². The molecule has 0 aliphatic carbocycles. The van der Waals surface area contributed by atoms with E-state index in [2.05, 4.69) is 52.4 Å². The minimum absolute atomic E-state index is 0.166. The second-order valence-corrected chi connectivity index (χ2v) is 6.32. The van der Waals surface area contributed by atoms with Gasteiger partial charge in [-0.25, -0.2) is 0 Å². The van der Waals surface area contributed by atoms with Crippen molar-refractivity contribution in [3.63, 3.8) is 0 Å². The van der Waals surface area contributed by atoms with Crippen LogP contribution in [-0.2, 0) is 6.42 Å². The van der Waals surface area contributed by atoms with Gasteiger partial charge in [-0.05, 0) is 42.7 Å². The summed E-state index contributed by atoms with van der Waals surface area (Å²) < 4.78 is 0.991. The summed E-state index contributed by atoms with van der Waals surface area (Å²) in [6.45, 7) is 2.86. The van der Waals surface area contributed by atoms with Crippen LogP contribution in [0.4, 0.5) is 5.69 Å². The van der Waals surface area contributed by atoms with Crippen molar-refractivity contribution in [1.82, 2.24) is 0 Å². The van der Waals surface area contributed by atoms with Gasteiger partial charge in [0.15, 0.2) is 5.78 Å². The molecule has 0 spiro atoms. The number of hydrogen-bond acceptors (Lipinski definition) is 2. The molecule has 2 aromatic rings. The van der Waals surface area contributed by atoms with E-state index >= 15 is 0 Å². The van der Waals surface area contributed by atoms with Crippen LogP contribution in [0.3, 0.4) is 0 Å². The Hall–Kier alpha value is -1.61. The number of halogens is 1. The lowest BCUT2D eigenvalue weighted by Crippen LogP contribution is -2.08. The summed E-state index contributed by atoms with van der Waals surface area (Å²) in [5.74, 6) is 0.166. The van der Waals surface area contributed by atoms with Crippen LogP contribution in [0.15, 0.2) is 53.0 Å². The zero-order valence-electron chi connectivity index (χ0n) is 12.9. The number of carbonyl (C=O) groups is 1. The van der Waals surface area contributed by atoms with Gasteiger partial charge in [0.25, 0.3) is 0 Å². The van der Waals surface area contributed by atoms with Gasteiger partial charge in [0, 0.05) is 28.7 Å². The molecular formula is C19H22BrNO. The fourth-order valence-corrected chi connectivity index (χ4v) is 2.53. The highest BCUT2D eigenvalue weighted by molar-refractivity contribution is 9.10. The van der Waals surface area contributed by atoms with Crippen molar-refractivity contribution in [2.75, 3.05) is 11.9 Å². The van der Waals surface area contributed by atoms with Crippen molar-refractivity contribution in [2.24, 2.45) is 0 Å². The summed E-state index contributed by atoms with van der Waals surface area (Å²) in [6.07, 6.45) is 4.09. The zero-order chi connectivity index (χ0) is 15.8. The Bertz CT molecular complexity index is 590. The van der Waals surface area contributed by atoms with E-state index < -0.39 is 0 Å². The van der Waals surface area contributed by atoms with Crippen molar-refractivity contribution in [1.29, 1.82) is 0 Å². The smallest absolute Gasteiger partial charge is 0.164 e. The number of carbonyl (C=O) groups excluding carboxylic acids is 1. The number of unbranched alkanes of at least 4 members (excludes halogenated alkanes) is 1. The van der Waals surface area contributed by atoms with E-state index in [4.69, 9.17) is 0 Å². The molecule has 0 atom stereocenters. The van der Waals surface area contributed by atoms with Crippen molar-refractivity contribution >= 4 is 27.4 Å². The van der Waals surface area contributed by atoms with E-state index in [9.17, 15) is 4.79 Å². The molecule has 22 heavy (non-hydrogen) atoms. The monoisotopic (exact) mass is 359 g/mol. The second kappa shape index (κ2) is 8.74. The molecule has 0 unspecified atom stereocenters. The van der Waals surface area contributed by atoms with E-state index in [-0.39, 0.29) is 5.78 Å². The molecule has 2 aromatic carbocycles. The first-order chi connectivity index (χ1) is 10.7. The third kappa shape index (κ3) is 5.30. The fraction of sp³-hybridized carbons (Fsp3) is 0.316. The van der Waals surface area contributed by atoms with Gasteiger partial charge in [0.1, 0.15) is 0 Å². The lowest BCUT2D eigenvalue weighted by molar-refractivity contribution is 0.0986. The molecular weight excluding hydrogens is 338 g/mol. The van der Waals surface area contributed by atoms with Gasteiger partial charge >= 0.3 is 0 Å². The van der Waals surface area contributed by atoms with Crippen LogP contribution in [0, 0.1) is 0 Å². The predicted molar refractivity (Wildman–Crippen MR) is 96.6 cm³/mol. The topological polar surface area (TPSA) is 29.1 Å². The molecule has 116 valence electrons. The highest BCUT2D eigenvalue weighted by atomic mass is 79.9. The maximum absolute atomic E-state index is 12.1. The van der Waals surface area contributed by atoms with Gasteiger partial charge < -0.3 is 5.32 Å². The van der Waals surface area contributed by atoms with Gasteiger partial charge in [-0.3, -0.25) is 4.79 Å². The number of aryl methyl sites for hydroxylation is 1. The van der Waals surface area contributed by atoms with Crippen LogP contribution in [0.5, 0.6) is 0 Å². The average Bonchev–Trinajstić information content (AvgIpc) is 2.54. The fourth-order valence-electron chi connectivity index (χ4n) is 2.27. The second-order valence-electron chi connectivity index (χ2n) is 5.41. The lowest BCUT2D eigenvalue weighted by atomic mass is 10.1. The van der Waals surface area contributed by atoms with Gasteiger partial charge in [0.2, 0.25) is 0 Å². The average molecular weight is 360 g/mol. The highest BCUT2D eigenvalue weighted by Gasteiger charge is 2.05. The Kier molecular flexibility index (Phi) is 6.66. The molecule has 0 saturated heterocycles. The van der Waals surface area contributed by atoms with E-state index in [1.54, 1.807) is 0 Å². The van der Waals surface area contributed by atoms with Crippen molar-refractivity contribution in [3.8, 4) is 0 Å². The summed E-state index contributed by atoms with van der Waals surface area (Å²) in [7, 11) is 0. The van der Waals surface area contributed by atoms with E-state index in [0.717, 1.165) is 22.1 Å². The molecule has 3 heteroatoms. The van der Waals surface area contributed by atoms with Gasteiger partial charge in [-0.2, -0.15) is 0 Å². The number of benzene rings is 2. The van der Waals surface area contributed by atoms with Gasteiger partial charge in [0.05, 0.1) is 0 Å². The largest absolute Gasteiger partial charge is 0.385 e. The predicted octanol–water partition coefficient (Wildman–Crippen LogP) is 5.48. The summed E-state index contributed by atoms with van der Waals surface area (Å²) in [5.41, 5.74) is 3.21. The normalized spacial score (nSPS) is 10.5. The third-order valence-corrected chi connectivity index (χ3v) is 4.15. The molecule has 1 N–H and O–H groups in total. The van der Waals surface area contributed by atoms with Crippen LogP contribution in [0.25, 0.3) is 0 Å². The number of ketones is 1. The number of anilines is 1. The Morgan fingerprint density at radius 2 is 1.73 bits per heavy atom. The summed E-state index contributed by atoms with van der Waals surface area (Å²) in [4.78, 5) is 12.1. The maximum Gasteiger partial charge on any atom is 0.164 e. The van der Waals surface area contributed by atoms with Crippen LogP contribution in [-0.4, -0.2) is 12.3 Å². The first kappa shape index (κ1) is 16.8. The van der Waals surface area contributed by atoms with Crippen molar-refractivity contribution in [2.45, 2.75) is 32.6 Å². The molecule has 0 amide bonds. The zero-order valence-corrected chi connectivity index (χ0v) is 14.5. The summed E-state index contributed by atoms with van der Waals surface area (Å²) in [5, 5.41) is 3.31. The molecule has 0 aliphatic heterocycles. The standard InChI is InChI=1S/C19H22BrNO/c1-2-3-4-15-5-11-18(12-6-15)21-14-13-19(22)16-7-9-17(20)10-8-16/h5-12,21H,2-4,13-14H2,1H3. The van der Waals surface area contributed by atoms with E-state index in [0.29, 0.717) is 13.0 Å². The van der Waals surface area contributed by atoms with E-state index in [1.807, 2.05) is 24.3 Å². The molecule has 2 rings (SSSR count). The number of rotatable bonds is 8. The number of nitrogens with one attached hydrogen (secondary N) is 1. The van der Waals surface area contributed by atoms with Crippen LogP contribution in [0.2, 0.25) is 0 Å². The molecule has 0 bridgehead atoms. The lowest BCUT2D eigenvalue weighted by Gasteiger charge is -2.07. The van der Waals surface area contributed by atoms with E-state index in [1.165, 1.54) is 18.4 Å². The first-order valence-electron chi connectivity index (χ1n) is 7.80. The first-order valence-corrected chi connectivity index (χ1v) is 8.60. The molecule has 2 nitrogen and oxygen atoms in total. The number of Topliss-reactive ketones (excluding diaryl/α,β-unsaturated/α-hetero) is 1. The third-order valence-electron chi connectivity index (χ3n) is 3.62. The Morgan fingerprint density at radius 1 is 1.05 bits per heavy atom. The number of hydrogen-bond donors (Lipinski definition) is 1. The summed E-state index contributed by atoms with van der Waals surface area (Å²) in [6, 6.07) is 16.0. The molecule has 0 radical (unpaired) electrons. The molecule has 0 fully saturated rings. The highest BCUT2D eigenvalue weighted by Crippen LogP contribution is 2.14. The van der Waals surface area contributed by atoms with Crippen LogP contribution >= 0.6 is 15.9 Å². The van der Waals surface area contributed by atoms with Gasteiger partial charge in [-0.15, -0.1) is 0 Å². The quantitative estimate of drug-likeness (QED) is 0.632. The Morgan fingerprint density at radius 3 is 2.36 bits per heavy atom. The molecule has 0 saturated carbocycles. The molecule has 0 aromatic heterocycles. The van der Waals surface area contributed by atoms with Crippen molar-refractivity contribution < 1.29 is 4.79 Å². The minimum atomic E-state index is 0.166. The van der Waals surface area contributed by atoms with Crippen molar-refractivity contribution in [3.05, 3.63) is 64.1 Å². The summed E-state index contributed by atoms with van der Waals surface area (Å²) >= 11 is 3.38. The molecule has 0 aliphatic rings. The maximum atomic E-state index is 12.1. The van der Waals surface area contributed by atoms with Gasteiger partial charge in [-0.1, -0.05) is 53.5 Å². The Labute approximate surface area is 141 Å². The molecule has 0 heterocycles.